The molecule has 2 aromatic rings. The van der Waals surface area contributed by atoms with Gasteiger partial charge in [-0.15, -0.1) is 0 Å². The molecule has 2 unspecified atom stereocenters. The first-order valence-electron chi connectivity index (χ1n) is 7.79. The fourth-order valence-electron chi connectivity index (χ4n) is 3.06. The second-order valence-corrected chi connectivity index (χ2v) is 5.68. The molecule has 1 saturated heterocycles. The second-order valence-electron chi connectivity index (χ2n) is 5.68. The smallest absolute Gasteiger partial charge is 0.0544 e. The quantitative estimate of drug-likeness (QED) is 0.934. The first-order chi connectivity index (χ1) is 10.4. The van der Waals surface area contributed by atoms with Crippen molar-refractivity contribution in [1.29, 1.82) is 0 Å². The van der Waals surface area contributed by atoms with Crippen molar-refractivity contribution in [2.75, 3.05) is 13.1 Å². The van der Waals surface area contributed by atoms with Gasteiger partial charge in [-0.2, -0.15) is 0 Å². The summed E-state index contributed by atoms with van der Waals surface area (Å²) in [6.45, 7) is 5.28. The predicted molar refractivity (Wildman–Crippen MR) is 85.9 cm³/mol. The Hall–Kier alpha value is -1.71. The third-order valence-corrected chi connectivity index (χ3v) is 4.30. The van der Waals surface area contributed by atoms with E-state index in [1.54, 1.807) is 0 Å². The molecule has 0 amide bonds. The molecule has 3 heteroatoms. The highest BCUT2D eigenvalue weighted by Gasteiger charge is 2.27. The van der Waals surface area contributed by atoms with Gasteiger partial charge in [-0.1, -0.05) is 43.3 Å². The van der Waals surface area contributed by atoms with E-state index in [-0.39, 0.29) is 0 Å². The Morgan fingerprint density at radius 3 is 2.67 bits per heavy atom. The highest BCUT2D eigenvalue weighted by molar-refractivity contribution is 5.20. The van der Waals surface area contributed by atoms with Gasteiger partial charge in [0, 0.05) is 37.9 Å². The molecule has 0 radical (unpaired) electrons. The van der Waals surface area contributed by atoms with Crippen LogP contribution in [0, 0.1) is 0 Å². The van der Waals surface area contributed by atoms with Crippen LogP contribution in [-0.4, -0.2) is 29.0 Å². The Kier molecular flexibility index (Phi) is 4.63. The van der Waals surface area contributed by atoms with Gasteiger partial charge in [0.1, 0.15) is 0 Å². The minimum absolute atomic E-state index is 0.415. The molecule has 0 aliphatic carbocycles. The number of nitrogens with one attached hydrogen (secondary N) is 1. The lowest BCUT2D eigenvalue weighted by molar-refractivity contribution is 0.117. The van der Waals surface area contributed by atoms with Crippen LogP contribution in [0.15, 0.2) is 54.7 Å². The summed E-state index contributed by atoms with van der Waals surface area (Å²) < 4.78 is 0. The van der Waals surface area contributed by atoms with Crippen molar-refractivity contribution in [3.63, 3.8) is 0 Å². The van der Waals surface area contributed by atoms with Crippen LogP contribution in [0.25, 0.3) is 0 Å². The molecule has 2 atom stereocenters. The van der Waals surface area contributed by atoms with Crippen molar-refractivity contribution in [1.82, 2.24) is 15.2 Å². The molecule has 3 rings (SSSR count). The Balaban J connectivity index is 1.73. The van der Waals surface area contributed by atoms with Crippen LogP contribution in [-0.2, 0) is 6.54 Å². The van der Waals surface area contributed by atoms with Gasteiger partial charge in [-0.05, 0) is 24.1 Å². The third kappa shape index (κ3) is 3.49. The van der Waals surface area contributed by atoms with Crippen LogP contribution in [0.5, 0.6) is 0 Å². The van der Waals surface area contributed by atoms with Gasteiger partial charge in [0.25, 0.3) is 0 Å². The lowest BCUT2D eigenvalue weighted by Gasteiger charge is -2.40. The normalized spacial score (nSPS) is 23.1. The summed E-state index contributed by atoms with van der Waals surface area (Å²) in [5.74, 6) is 0. The van der Waals surface area contributed by atoms with Crippen molar-refractivity contribution in [2.45, 2.75) is 32.0 Å². The Morgan fingerprint density at radius 1 is 1.14 bits per heavy atom. The maximum atomic E-state index is 4.48. The number of nitrogens with zero attached hydrogens (tertiary/aromatic N) is 2. The van der Waals surface area contributed by atoms with Gasteiger partial charge >= 0.3 is 0 Å². The van der Waals surface area contributed by atoms with Crippen molar-refractivity contribution in [2.24, 2.45) is 0 Å². The molecule has 1 aromatic carbocycles. The SMILES string of the molecule is CCC1CNC(c2ccccc2)CN1Cc1ccccn1. The average molecular weight is 281 g/mol. The lowest BCUT2D eigenvalue weighted by atomic mass is 10.0. The van der Waals surface area contributed by atoms with Gasteiger partial charge in [0.2, 0.25) is 0 Å². The first-order valence-corrected chi connectivity index (χ1v) is 7.79. The zero-order valence-corrected chi connectivity index (χ0v) is 12.6. The maximum Gasteiger partial charge on any atom is 0.0544 e. The molecular formula is C18H23N3. The molecule has 1 aromatic heterocycles. The highest BCUT2D eigenvalue weighted by atomic mass is 15.2. The number of piperazine rings is 1. The Labute approximate surface area is 127 Å². The summed E-state index contributed by atoms with van der Waals surface area (Å²) in [5, 5.41) is 3.69. The van der Waals surface area contributed by atoms with Crippen molar-refractivity contribution in [3.8, 4) is 0 Å². The van der Waals surface area contributed by atoms with E-state index in [4.69, 9.17) is 0 Å². The molecule has 1 fully saturated rings. The van der Waals surface area contributed by atoms with Gasteiger partial charge < -0.3 is 5.32 Å². The minimum Gasteiger partial charge on any atom is -0.307 e. The van der Waals surface area contributed by atoms with Crippen molar-refractivity contribution in [3.05, 3.63) is 66.0 Å². The van der Waals surface area contributed by atoms with Gasteiger partial charge in [-0.3, -0.25) is 9.88 Å². The molecule has 3 nitrogen and oxygen atoms in total. The highest BCUT2D eigenvalue weighted by Crippen LogP contribution is 2.22. The van der Waals surface area contributed by atoms with E-state index < -0.39 is 0 Å². The van der Waals surface area contributed by atoms with Crippen LogP contribution < -0.4 is 5.32 Å². The second kappa shape index (κ2) is 6.83. The lowest BCUT2D eigenvalue weighted by Crippen LogP contribution is -2.52. The summed E-state index contributed by atoms with van der Waals surface area (Å²) in [4.78, 5) is 7.04. The number of hydrogen-bond donors (Lipinski definition) is 1. The van der Waals surface area contributed by atoms with E-state index in [2.05, 4.69) is 64.6 Å². The predicted octanol–water partition coefficient (Wildman–Crippen LogP) is 3.01. The molecule has 0 saturated carbocycles. The molecule has 1 aliphatic heterocycles. The van der Waals surface area contributed by atoms with Crippen LogP contribution in [0.3, 0.4) is 0 Å². The molecule has 1 N–H and O–H groups in total. The van der Waals surface area contributed by atoms with Gasteiger partial charge in [0.15, 0.2) is 0 Å². The monoisotopic (exact) mass is 281 g/mol. The van der Waals surface area contributed by atoms with Gasteiger partial charge in [0.05, 0.1) is 5.69 Å². The third-order valence-electron chi connectivity index (χ3n) is 4.30. The fourth-order valence-corrected chi connectivity index (χ4v) is 3.06. The molecule has 2 heterocycles. The van der Waals surface area contributed by atoms with Crippen LogP contribution in [0.1, 0.15) is 30.6 Å². The summed E-state index contributed by atoms with van der Waals surface area (Å²) in [7, 11) is 0. The van der Waals surface area contributed by atoms with Crippen LogP contribution >= 0.6 is 0 Å². The van der Waals surface area contributed by atoms with Crippen LogP contribution in [0.2, 0.25) is 0 Å². The van der Waals surface area contributed by atoms with E-state index in [9.17, 15) is 0 Å². The maximum absolute atomic E-state index is 4.48. The standard InChI is InChI=1S/C18H23N3/c1-2-17-12-20-18(15-8-4-3-5-9-15)14-21(17)13-16-10-6-7-11-19-16/h3-11,17-18,20H,2,12-14H2,1H3. The van der Waals surface area contributed by atoms with E-state index in [1.165, 1.54) is 12.0 Å². The number of rotatable bonds is 4. The summed E-state index contributed by atoms with van der Waals surface area (Å²) in [5.41, 5.74) is 2.53. The first kappa shape index (κ1) is 14.2. The van der Waals surface area contributed by atoms with E-state index in [1.807, 2.05) is 12.3 Å². The summed E-state index contributed by atoms with van der Waals surface area (Å²) in [6.07, 6.45) is 3.05. The number of benzene rings is 1. The Bertz CT molecular complexity index is 541. The minimum atomic E-state index is 0.415. The summed E-state index contributed by atoms with van der Waals surface area (Å²) >= 11 is 0. The average Bonchev–Trinajstić information content (AvgIpc) is 2.56. The number of aromatic nitrogens is 1. The van der Waals surface area contributed by atoms with Crippen molar-refractivity contribution >= 4 is 0 Å². The largest absolute Gasteiger partial charge is 0.307 e. The molecule has 1 aliphatic rings. The molecule has 110 valence electrons. The summed E-state index contributed by atoms with van der Waals surface area (Å²) in [6, 6.07) is 17.9. The fraction of sp³-hybridized carbons (Fsp3) is 0.389. The topological polar surface area (TPSA) is 28.2 Å². The Morgan fingerprint density at radius 2 is 1.95 bits per heavy atom. The number of hydrogen-bond acceptors (Lipinski definition) is 3. The number of pyridine rings is 1. The van der Waals surface area contributed by atoms with E-state index in [0.717, 1.165) is 25.3 Å². The molecule has 0 spiro atoms. The molecular weight excluding hydrogens is 258 g/mol. The van der Waals surface area contributed by atoms with E-state index in [0.29, 0.717) is 12.1 Å². The zero-order valence-electron chi connectivity index (χ0n) is 12.6. The van der Waals surface area contributed by atoms with Gasteiger partial charge in [-0.25, -0.2) is 0 Å². The van der Waals surface area contributed by atoms with Crippen LogP contribution in [0.4, 0.5) is 0 Å². The van der Waals surface area contributed by atoms with E-state index >= 15 is 0 Å². The molecule has 21 heavy (non-hydrogen) atoms. The van der Waals surface area contributed by atoms with Crippen molar-refractivity contribution < 1.29 is 0 Å². The zero-order chi connectivity index (χ0) is 14.5. The molecule has 0 bridgehead atoms.